The highest BCUT2D eigenvalue weighted by Crippen LogP contribution is 2.11. The van der Waals surface area contributed by atoms with Crippen molar-refractivity contribution in [2.24, 2.45) is 0 Å². The minimum atomic E-state index is -0.616. The first kappa shape index (κ1) is 15.4. The summed E-state index contributed by atoms with van der Waals surface area (Å²) in [6, 6.07) is 0. The van der Waals surface area contributed by atoms with Gasteiger partial charge >= 0.3 is 0 Å². The number of aromatic nitrogens is 4. The van der Waals surface area contributed by atoms with E-state index in [2.05, 4.69) is 36.3 Å². The number of hydrogen-bond donors (Lipinski definition) is 2. The van der Waals surface area contributed by atoms with E-state index in [-0.39, 0.29) is 23.8 Å². The molecule has 0 radical (unpaired) electrons. The average molecular weight is 374 g/mol. The Morgan fingerprint density at radius 1 is 1.48 bits per heavy atom. The third kappa shape index (κ3) is 3.76. The normalized spacial score (nSPS) is 10.4. The standard InChI is InChI=1S/C11H10BrClN6O2/c12-6-1-15-5-17-8(6)3-16-9(20)4-19-11(21)10(13)7(14)2-18-19/h1-2,5H,3-4,14H2,(H,16,20). The van der Waals surface area contributed by atoms with Crippen LogP contribution < -0.4 is 16.6 Å². The van der Waals surface area contributed by atoms with E-state index in [1.807, 2.05) is 0 Å². The summed E-state index contributed by atoms with van der Waals surface area (Å²) in [5.74, 6) is -0.407. The first-order chi connectivity index (χ1) is 9.99. The minimum Gasteiger partial charge on any atom is -0.396 e. The van der Waals surface area contributed by atoms with Gasteiger partial charge in [0.15, 0.2) is 0 Å². The van der Waals surface area contributed by atoms with Crippen molar-refractivity contribution in [3.63, 3.8) is 0 Å². The maximum absolute atomic E-state index is 11.8. The van der Waals surface area contributed by atoms with Gasteiger partial charge in [0.05, 0.1) is 28.6 Å². The van der Waals surface area contributed by atoms with Crippen LogP contribution in [-0.2, 0) is 17.9 Å². The highest BCUT2D eigenvalue weighted by molar-refractivity contribution is 9.10. The van der Waals surface area contributed by atoms with Crippen molar-refractivity contribution in [3.05, 3.63) is 44.3 Å². The molecular weight excluding hydrogens is 364 g/mol. The van der Waals surface area contributed by atoms with Crippen molar-refractivity contribution in [2.45, 2.75) is 13.1 Å². The van der Waals surface area contributed by atoms with Crippen molar-refractivity contribution in [3.8, 4) is 0 Å². The number of amides is 1. The number of nitrogens with one attached hydrogen (secondary N) is 1. The first-order valence-corrected chi connectivity index (χ1v) is 6.88. The third-order valence-corrected chi connectivity index (χ3v) is 3.54. The maximum Gasteiger partial charge on any atom is 0.288 e. The molecule has 0 saturated carbocycles. The first-order valence-electron chi connectivity index (χ1n) is 5.71. The third-order valence-electron chi connectivity index (χ3n) is 2.50. The number of rotatable bonds is 4. The molecule has 8 nitrogen and oxygen atoms in total. The fourth-order valence-electron chi connectivity index (χ4n) is 1.43. The number of nitrogen functional groups attached to an aromatic ring is 1. The number of nitrogens with zero attached hydrogens (tertiary/aromatic N) is 4. The van der Waals surface area contributed by atoms with Gasteiger partial charge in [0.1, 0.15) is 17.9 Å². The number of anilines is 1. The molecule has 0 spiro atoms. The van der Waals surface area contributed by atoms with Crippen molar-refractivity contribution in [1.29, 1.82) is 0 Å². The Bertz CT molecular complexity index is 735. The predicted octanol–water partition coefficient (Wildman–Crippen LogP) is 0.348. The van der Waals surface area contributed by atoms with Crippen LogP contribution in [0.4, 0.5) is 5.69 Å². The van der Waals surface area contributed by atoms with E-state index >= 15 is 0 Å². The van der Waals surface area contributed by atoms with Crippen molar-refractivity contribution < 1.29 is 4.79 Å². The lowest BCUT2D eigenvalue weighted by molar-refractivity contribution is -0.122. The van der Waals surface area contributed by atoms with E-state index in [0.29, 0.717) is 10.2 Å². The van der Waals surface area contributed by atoms with Crippen LogP contribution in [0.3, 0.4) is 0 Å². The molecule has 110 valence electrons. The van der Waals surface area contributed by atoms with E-state index in [1.165, 1.54) is 12.5 Å². The molecule has 10 heteroatoms. The van der Waals surface area contributed by atoms with Crippen LogP contribution in [0.2, 0.25) is 5.02 Å². The van der Waals surface area contributed by atoms with Gasteiger partial charge in [-0.1, -0.05) is 11.6 Å². The molecule has 3 N–H and O–H groups in total. The summed E-state index contributed by atoms with van der Waals surface area (Å²) in [5.41, 5.74) is 5.52. The lowest BCUT2D eigenvalue weighted by Gasteiger charge is -2.08. The molecule has 0 aromatic carbocycles. The summed E-state index contributed by atoms with van der Waals surface area (Å²) in [5, 5.41) is 6.21. The van der Waals surface area contributed by atoms with E-state index in [9.17, 15) is 9.59 Å². The second kappa shape index (κ2) is 6.64. The molecule has 2 rings (SSSR count). The fourth-order valence-corrected chi connectivity index (χ4v) is 1.94. The molecule has 0 aliphatic carbocycles. The lowest BCUT2D eigenvalue weighted by Crippen LogP contribution is -2.34. The predicted molar refractivity (Wildman–Crippen MR) is 79.5 cm³/mol. The van der Waals surface area contributed by atoms with Crippen LogP contribution in [0.15, 0.2) is 28.0 Å². The summed E-state index contributed by atoms with van der Waals surface area (Å²) in [7, 11) is 0. The van der Waals surface area contributed by atoms with Gasteiger partial charge in [0, 0.05) is 6.20 Å². The quantitative estimate of drug-likeness (QED) is 0.799. The van der Waals surface area contributed by atoms with Crippen LogP contribution in [0.25, 0.3) is 0 Å². The topological polar surface area (TPSA) is 116 Å². The maximum atomic E-state index is 11.8. The van der Waals surface area contributed by atoms with Gasteiger partial charge < -0.3 is 11.1 Å². The molecule has 0 aliphatic heterocycles. The van der Waals surface area contributed by atoms with Crippen molar-refractivity contribution >= 4 is 39.1 Å². The Hall–Kier alpha value is -2.00. The Labute approximate surface area is 132 Å². The summed E-state index contributed by atoms with van der Waals surface area (Å²) in [6.45, 7) is -0.0685. The Morgan fingerprint density at radius 3 is 2.95 bits per heavy atom. The highest BCUT2D eigenvalue weighted by atomic mass is 79.9. The number of halogens is 2. The number of carbonyl (C=O) groups excluding carboxylic acids is 1. The van der Waals surface area contributed by atoms with Gasteiger partial charge in [0.2, 0.25) is 5.91 Å². The van der Waals surface area contributed by atoms with Crippen molar-refractivity contribution in [1.82, 2.24) is 25.1 Å². The lowest BCUT2D eigenvalue weighted by atomic mass is 10.4. The summed E-state index contributed by atoms with van der Waals surface area (Å²) >= 11 is 8.97. The van der Waals surface area contributed by atoms with E-state index in [4.69, 9.17) is 17.3 Å². The second-order valence-electron chi connectivity index (χ2n) is 3.97. The smallest absolute Gasteiger partial charge is 0.288 e. The molecular formula is C11H10BrClN6O2. The molecule has 0 unspecified atom stereocenters. The molecule has 0 aliphatic rings. The summed E-state index contributed by atoms with van der Waals surface area (Å²) in [4.78, 5) is 31.4. The average Bonchev–Trinajstić information content (AvgIpc) is 2.47. The largest absolute Gasteiger partial charge is 0.396 e. The molecule has 2 aromatic rings. The summed E-state index contributed by atoms with van der Waals surface area (Å²) < 4.78 is 1.61. The Kier molecular flexibility index (Phi) is 4.86. The van der Waals surface area contributed by atoms with Gasteiger partial charge in [-0.3, -0.25) is 9.59 Å². The molecule has 0 saturated heterocycles. The van der Waals surface area contributed by atoms with Crippen LogP contribution in [-0.4, -0.2) is 25.7 Å². The molecule has 21 heavy (non-hydrogen) atoms. The minimum absolute atomic E-state index is 0.0724. The van der Waals surface area contributed by atoms with Gasteiger partial charge in [0.25, 0.3) is 5.56 Å². The zero-order chi connectivity index (χ0) is 15.4. The van der Waals surface area contributed by atoms with Gasteiger partial charge in [-0.2, -0.15) is 5.10 Å². The zero-order valence-electron chi connectivity index (χ0n) is 10.6. The molecule has 0 bridgehead atoms. The number of hydrogen-bond acceptors (Lipinski definition) is 6. The van der Waals surface area contributed by atoms with Gasteiger partial charge in [-0.25, -0.2) is 14.6 Å². The van der Waals surface area contributed by atoms with Crippen LogP contribution in [0.1, 0.15) is 5.69 Å². The molecule has 2 heterocycles. The van der Waals surface area contributed by atoms with E-state index in [0.717, 1.165) is 4.68 Å². The fraction of sp³-hybridized carbons (Fsp3) is 0.182. The Balaban J connectivity index is 2.02. The van der Waals surface area contributed by atoms with Crippen LogP contribution >= 0.6 is 27.5 Å². The van der Waals surface area contributed by atoms with E-state index in [1.54, 1.807) is 6.20 Å². The molecule has 1 amide bonds. The monoisotopic (exact) mass is 372 g/mol. The zero-order valence-corrected chi connectivity index (χ0v) is 12.9. The Morgan fingerprint density at radius 2 is 2.24 bits per heavy atom. The van der Waals surface area contributed by atoms with Crippen molar-refractivity contribution in [2.75, 3.05) is 5.73 Å². The van der Waals surface area contributed by atoms with Gasteiger partial charge in [-0.05, 0) is 15.9 Å². The van der Waals surface area contributed by atoms with Crippen LogP contribution in [0.5, 0.6) is 0 Å². The molecule has 0 fully saturated rings. The highest BCUT2D eigenvalue weighted by Gasteiger charge is 2.11. The molecule has 2 aromatic heterocycles. The van der Waals surface area contributed by atoms with Gasteiger partial charge in [-0.15, -0.1) is 0 Å². The summed E-state index contributed by atoms with van der Waals surface area (Å²) in [6.07, 6.45) is 4.16. The molecule has 0 atom stereocenters. The van der Waals surface area contributed by atoms with E-state index < -0.39 is 11.5 Å². The van der Waals surface area contributed by atoms with Crippen LogP contribution in [0, 0.1) is 0 Å². The number of carbonyl (C=O) groups is 1. The number of nitrogens with two attached hydrogens (primary N) is 1. The SMILES string of the molecule is Nc1cnn(CC(=O)NCc2ncncc2Br)c(=O)c1Cl. The second-order valence-corrected chi connectivity index (χ2v) is 5.20.